The quantitative estimate of drug-likeness (QED) is 0.204. The molecule has 0 aliphatic rings. The molecule has 0 aromatic heterocycles. The third-order valence-corrected chi connectivity index (χ3v) is 4.60. The van der Waals surface area contributed by atoms with Crippen LogP contribution >= 0.6 is 0 Å². The number of benzene rings is 1. The number of alkyl carbamates (subject to hydrolysis) is 1. The minimum Gasteiger partial charge on any atom is -0.444 e. The summed E-state index contributed by atoms with van der Waals surface area (Å²) in [4.78, 5) is 15.0. The van der Waals surface area contributed by atoms with Crippen molar-refractivity contribution in [2.24, 2.45) is 10.5 Å². The predicted octanol–water partition coefficient (Wildman–Crippen LogP) is 4.19. The second-order valence-electron chi connectivity index (χ2n) is 9.36. The molecule has 0 heterocycles. The number of carbonyl (C=O) groups excluding carboxylic acids is 1. The van der Waals surface area contributed by atoms with Crippen molar-refractivity contribution in [3.63, 3.8) is 0 Å². The van der Waals surface area contributed by atoms with Crippen LogP contribution in [0.1, 0.15) is 53.0 Å². The monoisotopic (exact) mass is 419 g/mol. The zero-order valence-electron chi connectivity index (χ0n) is 18.9. The van der Waals surface area contributed by atoms with Crippen LogP contribution in [0.25, 0.3) is 10.4 Å². The molecule has 0 saturated heterocycles. The molecular weight excluding hydrogens is 382 g/mol. The summed E-state index contributed by atoms with van der Waals surface area (Å²) >= 11 is 0. The van der Waals surface area contributed by atoms with E-state index in [9.17, 15) is 9.90 Å². The fraction of sp³-hybridized carbons (Fsp3) is 0.682. The van der Waals surface area contributed by atoms with Crippen LogP contribution in [0.4, 0.5) is 4.79 Å². The lowest BCUT2D eigenvalue weighted by atomic mass is 9.87. The summed E-state index contributed by atoms with van der Waals surface area (Å²) in [6.45, 7) is 11.2. The molecule has 1 aromatic carbocycles. The number of ether oxygens (including phenoxy) is 1. The van der Waals surface area contributed by atoms with Crippen LogP contribution in [0.15, 0.2) is 35.4 Å². The van der Waals surface area contributed by atoms with E-state index in [1.807, 2.05) is 30.3 Å². The molecule has 0 radical (unpaired) electrons. The molecule has 8 nitrogen and oxygen atoms in total. The number of aliphatic hydroxyl groups is 1. The standard InChI is InChI=1S/C22H37N5O3/c1-21(2,3)30-20(29)26-18(14-17-10-7-6-8-11-17)19(28)15-24-16-22(4,5)12-9-13-25-27-23/h6-8,10-11,18-19,24,28H,9,12-16H2,1-5H3,(H,26,29)/t18-,19+/m0/s1. The van der Waals surface area contributed by atoms with Gasteiger partial charge in [-0.15, -0.1) is 0 Å². The van der Waals surface area contributed by atoms with E-state index in [2.05, 4.69) is 34.5 Å². The number of carbonyl (C=O) groups is 1. The first-order chi connectivity index (χ1) is 14.0. The van der Waals surface area contributed by atoms with Gasteiger partial charge in [0.05, 0.1) is 12.1 Å². The second-order valence-corrected chi connectivity index (χ2v) is 9.36. The number of hydrogen-bond donors (Lipinski definition) is 3. The highest BCUT2D eigenvalue weighted by molar-refractivity contribution is 5.68. The molecule has 0 aliphatic carbocycles. The van der Waals surface area contributed by atoms with E-state index in [0.717, 1.165) is 18.4 Å². The Morgan fingerprint density at radius 3 is 2.50 bits per heavy atom. The molecular formula is C22H37N5O3. The Kier molecular flexibility index (Phi) is 10.7. The van der Waals surface area contributed by atoms with Crippen molar-refractivity contribution in [3.8, 4) is 0 Å². The largest absolute Gasteiger partial charge is 0.444 e. The minimum absolute atomic E-state index is 0.00177. The van der Waals surface area contributed by atoms with Gasteiger partial charge in [0.15, 0.2) is 0 Å². The molecule has 0 saturated carbocycles. The molecule has 2 atom stereocenters. The summed E-state index contributed by atoms with van der Waals surface area (Å²) < 4.78 is 5.36. The Hall–Kier alpha value is -2.28. The molecule has 0 bridgehead atoms. The Balaban J connectivity index is 2.64. The van der Waals surface area contributed by atoms with Gasteiger partial charge in [-0.2, -0.15) is 0 Å². The zero-order chi connectivity index (χ0) is 22.6. The molecule has 3 N–H and O–H groups in total. The average molecular weight is 420 g/mol. The van der Waals surface area contributed by atoms with E-state index in [4.69, 9.17) is 10.3 Å². The van der Waals surface area contributed by atoms with Crippen LogP contribution in [0.5, 0.6) is 0 Å². The SMILES string of the molecule is CC(C)(CCCN=[N+]=[N-])CNC[C@@H](O)[C@H](Cc1ccccc1)NC(=O)OC(C)(C)C. The molecule has 0 fully saturated rings. The summed E-state index contributed by atoms with van der Waals surface area (Å²) in [5.74, 6) is 0. The lowest BCUT2D eigenvalue weighted by Gasteiger charge is -2.29. The van der Waals surface area contributed by atoms with Crippen LogP contribution in [0.3, 0.4) is 0 Å². The van der Waals surface area contributed by atoms with Crippen LogP contribution in [-0.2, 0) is 11.2 Å². The summed E-state index contributed by atoms with van der Waals surface area (Å²) in [5, 5.41) is 20.5. The van der Waals surface area contributed by atoms with Gasteiger partial charge in [-0.3, -0.25) is 0 Å². The summed E-state index contributed by atoms with van der Waals surface area (Å²) in [6, 6.07) is 9.25. The molecule has 0 spiro atoms. The molecule has 1 amide bonds. The van der Waals surface area contributed by atoms with Crippen molar-refractivity contribution >= 4 is 6.09 Å². The predicted molar refractivity (Wildman–Crippen MR) is 119 cm³/mol. The first kappa shape index (κ1) is 25.8. The number of hydrogen-bond acceptors (Lipinski definition) is 5. The van der Waals surface area contributed by atoms with Crippen molar-refractivity contribution in [1.82, 2.24) is 10.6 Å². The number of aliphatic hydroxyl groups excluding tert-OH is 1. The molecule has 8 heteroatoms. The van der Waals surface area contributed by atoms with E-state index in [1.165, 1.54) is 0 Å². The molecule has 0 unspecified atom stereocenters. The maximum atomic E-state index is 12.3. The topological polar surface area (TPSA) is 119 Å². The number of azide groups is 1. The van der Waals surface area contributed by atoms with Gasteiger partial charge in [-0.05, 0) is 56.5 Å². The average Bonchev–Trinajstić information content (AvgIpc) is 2.64. The van der Waals surface area contributed by atoms with E-state index in [1.54, 1.807) is 20.8 Å². The van der Waals surface area contributed by atoms with Gasteiger partial charge in [-0.25, -0.2) is 4.79 Å². The molecule has 30 heavy (non-hydrogen) atoms. The lowest BCUT2D eigenvalue weighted by molar-refractivity contribution is 0.0420. The van der Waals surface area contributed by atoms with Crippen molar-refractivity contribution in [2.45, 2.75) is 71.6 Å². The lowest BCUT2D eigenvalue weighted by Crippen LogP contribution is -2.50. The Morgan fingerprint density at radius 1 is 1.23 bits per heavy atom. The number of amides is 1. The van der Waals surface area contributed by atoms with Crippen LogP contribution < -0.4 is 10.6 Å². The maximum absolute atomic E-state index is 12.3. The number of nitrogens with zero attached hydrogens (tertiary/aromatic N) is 3. The first-order valence-electron chi connectivity index (χ1n) is 10.5. The van der Waals surface area contributed by atoms with Crippen molar-refractivity contribution in [3.05, 3.63) is 46.3 Å². The van der Waals surface area contributed by atoms with Gasteiger partial charge in [-0.1, -0.05) is 49.3 Å². The normalized spacial score (nSPS) is 13.8. The van der Waals surface area contributed by atoms with E-state index in [0.29, 0.717) is 26.1 Å². The highest BCUT2D eigenvalue weighted by Gasteiger charge is 2.25. The van der Waals surface area contributed by atoms with Crippen LogP contribution in [0, 0.1) is 5.41 Å². The maximum Gasteiger partial charge on any atom is 0.407 e. The summed E-state index contributed by atoms with van der Waals surface area (Å²) in [6.07, 6.45) is 0.896. The Bertz CT molecular complexity index is 682. The van der Waals surface area contributed by atoms with Gasteiger partial charge in [0.25, 0.3) is 0 Å². The smallest absolute Gasteiger partial charge is 0.407 e. The zero-order valence-corrected chi connectivity index (χ0v) is 18.9. The molecule has 168 valence electrons. The molecule has 1 aromatic rings. The van der Waals surface area contributed by atoms with E-state index in [-0.39, 0.29) is 5.41 Å². The van der Waals surface area contributed by atoms with E-state index >= 15 is 0 Å². The van der Waals surface area contributed by atoms with Crippen molar-refractivity contribution < 1.29 is 14.6 Å². The van der Waals surface area contributed by atoms with Crippen molar-refractivity contribution in [1.29, 1.82) is 0 Å². The first-order valence-corrected chi connectivity index (χ1v) is 10.5. The van der Waals surface area contributed by atoms with Gasteiger partial charge < -0.3 is 20.5 Å². The van der Waals surface area contributed by atoms with Crippen LogP contribution in [0.2, 0.25) is 0 Å². The molecule has 0 aliphatic heterocycles. The second kappa shape index (κ2) is 12.4. The van der Waals surface area contributed by atoms with Crippen LogP contribution in [-0.4, -0.2) is 48.6 Å². The third kappa shape index (κ3) is 11.7. The van der Waals surface area contributed by atoms with Gasteiger partial charge in [0.2, 0.25) is 0 Å². The fourth-order valence-corrected chi connectivity index (χ4v) is 3.07. The minimum atomic E-state index is -0.781. The van der Waals surface area contributed by atoms with Gasteiger partial charge in [0, 0.05) is 24.5 Å². The highest BCUT2D eigenvalue weighted by atomic mass is 16.6. The number of rotatable bonds is 12. The Labute approximate surface area is 180 Å². The van der Waals surface area contributed by atoms with Gasteiger partial charge >= 0.3 is 6.09 Å². The highest BCUT2D eigenvalue weighted by Crippen LogP contribution is 2.21. The summed E-state index contributed by atoms with van der Waals surface area (Å²) in [7, 11) is 0. The van der Waals surface area contributed by atoms with Crippen molar-refractivity contribution in [2.75, 3.05) is 19.6 Å². The Morgan fingerprint density at radius 2 is 1.90 bits per heavy atom. The number of nitrogens with one attached hydrogen (secondary N) is 2. The fourth-order valence-electron chi connectivity index (χ4n) is 3.07. The van der Waals surface area contributed by atoms with Gasteiger partial charge in [0.1, 0.15) is 5.60 Å². The van der Waals surface area contributed by atoms with E-state index < -0.39 is 23.8 Å². The molecule has 1 rings (SSSR count). The summed E-state index contributed by atoms with van der Waals surface area (Å²) in [5.41, 5.74) is 8.78. The third-order valence-electron chi connectivity index (χ3n) is 4.60.